The van der Waals surface area contributed by atoms with Gasteiger partial charge in [-0.15, -0.1) is 0 Å². The molecule has 0 aliphatic carbocycles. The lowest BCUT2D eigenvalue weighted by molar-refractivity contribution is 0.0593. The summed E-state index contributed by atoms with van der Waals surface area (Å²) in [5.41, 5.74) is 1.77. The Morgan fingerprint density at radius 1 is 1.23 bits per heavy atom. The molecule has 0 N–H and O–H groups in total. The highest BCUT2D eigenvalue weighted by Crippen LogP contribution is 2.35. The Bertz CT molecular complexity index is 789. The molecule has 0 radical (unpaired) electrons. The first-order valence-corrected chi connectivity index (χ1v) is 7.66. The minimum Gasteiger partial charge on any atom is -0.469 e. The van der Waals surface area contributed by atoms with E-state index in [4.69, 9.17) is 4.42 Å². The highest BCUT2D eigenvalue weighted by Gasteiger charge is 2.36. The van der Waals surface area contributed by atoms with Gasteiger partial charge >= 0.3 is 0 Å². The van der Waals surface area contributed by atoms with E-state index >= 15 is 0 Å². The molecule has 22 heavy (non-hydrogen) atoms. The number of pyridine rings is 1. The van der Waals surface area contributed by atoms with E-state index in [9.17, 15) is 9.59 Å². The van der Waals surface area contributed by atoms with E-state index in [0.717, 1.165) is 12.1 Å². The van der Waals surface area contributed by atoms with E-state index in [1.807, 2.05) is 28.5 Å². The van der Waals surface area contributed by atoms with Crippen molar-refractivity contribution in [1.29, 1.82) is 0 Å². The van der Waals surface area contributed by atoms with E-state index in [1.54, 1.807) is 18.4 Å². The molecule has 2 unspecified atom stereocenters. The van der Waals surface area contributed by atoms with Crippen molar-refractivity contribution < 1.29 is 9.21 Å². The molecule has 2 aliphatic heterocycles. The van der Waals surface area contributed by atoms with Crippen LogP contribution in [-0.4, -0.2) is 28.5 Å². The Labute approximate surface area is 128 Å². The van der Waals surface area contributed by atoms with Crippen LogP contribution in [-0.2, 0) is 6.54 Å². The fourth-order valence-corrected chi connectivity index (χ4v) is 3.84. The highest BCUT2D eigenvalue weighted by atomic mass is 16.3. The quantitative estimate of drug-likeness (QED) is 0.809. The Kier molecular flexibility index (Phi) is 2.96. The van der Waals surface area contributed by atoms with E-state index in [0.29, 0.717) is 36.9 Å². The number of piperidine rings is 1. The number of likely N-dealkylation sites (tertiary alicyclic amines) is 1. The fourth-order valence-electron chi connectivity index (χ4n) is 3.84. The number of carbonyl (C=O) groups excluding carboxylic acids is 1. The van der Waals surface area contributed by atoms with E-state index < -0.39 is 0 Å². The molecule has 1 amide bonds. The number of rotatable bonds is 1. The third kappa shape index (κ3) is 2.00. The molecule has 5 nitrogen and oxygen atoms in total. The first-order chi connectivity index (χ1) is 10.6. The summed E-state index contributed by atoms with van der Waals surface area (Å²) >= 11 is 0. The Morgan fingerprint density at radius 3 is 2.86 bits per heavy atom. The molecule has 2 aromatic rings. The maximum Gasteiger partial charge on any atom is 0.257 e. The van der Waals surface area contributed by atoms with Crippen LogP contribution < -0.4 is 5.56 Å². The highest BCUT2D eigenvalue weighted by molar-refractivity contribution is 5.95. The molecule has 4 heterocycles. The molecule has 4 rings (SSSR count). The summed E-state index contributed by atoms with van der Waals surface area (Å²) in [6, 6.07) is 7.18. The largest absolute Gasteiger partial charge is 0.469 e. The molecule has 0 spiro atoms. The van der Waals surface area contributed by atoms with Crippen LogP contribution in [0.5, 0.6) is 0 Å². The van der Waals surface area contributed by atoms with Crippen molar-refractivity contribution in [3.05, 3.63) is 57.9 Å². The summed E-state index contributed by atoms with van der Waals surface area (Å²) in [6.45, 7) is 3.90. The van der Waals surface area contributed by atoms with Crippen molar-refractivity contribution in [3.8, 4) is 0 Å². The lowest BCUT2D eigenvalue weighted by atomic mass is 9.83. The van der Waals surface area contributed by atoms with Crippen LogP contribution in [0.4, 0.5) is 0 Å². The van der Waals surface area contributed by atoms with Crippen molar-refractivity contribution in [3.63, 3.8) is 0 Å². The number of amides is 1. The normalized spacial score (nSPS) is 23.2. The van der Waals surface area contributed by atoms with Gasteiger partial charge in [-0.05, 0) is 31.4 Å². The zero-order chi connectivity index (χ0) is 15.3. The zero-order valence-electron chi connectivity index (χ0n) is 12.5. The van der Waals surface area contributed by atoms with Gasteiger partial charge < -0.3 is 13.9 Å². The zero-order valence-corrected chi connectivity index (χ0v) is 12.5. The fraction of sp³-hybridized carbons (Fsp3) is 0.412. The lowest BCUT2D eigenvalue weighted by Crippen LogP contribution is -2.49. The molecule has 0 saturated carbocycles. The molecule has 5 heteroatoms. The van der Waals surface area contributed by atoms with E-state index in [1.165, 1.54) is 0 Å². The van der Waals surface area contributed by atoms with Crippen molar-refractivity contribution in [2.75, 3.05) is 13.1 Å². The second kappa shape index (κ2) is 4.87. The molecule has 2 aliphatic rings. The summed E-state index contributed by atoms with van der Waals surface area (Å²) in [5.74, 6) is 1.30. The molecule has 114 valence electrons. The summed E-state index contributed by atoms with van der Waals surface area (Å²) in [7, 11) is 0. The third-order valence-corrected chi connectivity index (χ3v) is 4.86. The second-order valence-corrected chi connectivity index (χ2v) is 6.30. The molecule has 2 aromatic heterocycles. The molecule has 1 fully saturated rings. The van der Waals surface area contributed by atoms with Gasteiger partial charge in [0.25, 0.3) is 11.5 Å². The van der Waals surface area contributed by atoms with Crippen LogP contribution in [0, 0.1) is 12.8 Å². The van der Waals surface area contributed by atoms with Gasteiger partial charge in [0.2, 0.25) is 0 Å². The van der Waals surface area contributed by atoms with Gasteiger partial charge in [0, 0.05) is 37.3 Å². The van der Waals surface area contributed by atoms with Gasteiger partial charge in [-0.25, -0.2) is 0 Å². The van der Waals surface area contributed by atoms with E-state index in [2.05, 4.69) is 0 Å². The predicted octanol–water partition coefficient (Wildman–Crippen LogP) is 2.01. The van der Waals surface area contributed by atoms with E-state index in [-0.39, 0.29) is 17.4 Å². The summed E-state index contributed by atoms with van der Waals surface area (Å²) < 4.78 is 7.13. The number of hydrogen-bond donors (Lipinski definition) is 0. The Morgan fingerprint density at radius 2 is 2.09 bits per heavy atom. The average molecular weight is 298 g/mol. The van der Waals surface area contributed by atoms with Gasteiger partial charge in [-0.3, -0.25) is 9.59 Å². The predicted molar refractivity (Wildman–Crippen MR) is 80.9 cm³/mol. The molecule has 0 aromatic carbocycles. The second-order valence-electron chi connectivity index (χ2n) is 6.30. The Hall–Kier alpha value is -2.30. The number of fused-ring (bicyclic) bond motifs is 4. The minimum atomic E-state index is 0.0349. The van der Waals surface area contributed by atoms with Gasteiger partial charge in [-0.1, -0.05) is 6.07 Å². The van der Waals surface area contributed by atoms with Crippen molar-refractivity contribution >= 4 is 5.91 Å². The first-order valence-electron chi connectivity index (χ1n) is 7.66. The van der Waals surface area contributed by atoms with Crippen molar-refractivity contribution in [2.45, 2.75) is 25.8 Å². The molecule has 2 atom stereocenters. The van der Waals surface area contributed by atoms with Crippen LogP contribution in [0.1, 0.15) is 34.2 Å². The number of aryl methyl sites for hydroxylation is 1. The number of carbonyl (C=O) groups is 1. The average Bonchev–Trinajstić information content (AvgIpc) is 2.93. The van der Waals surface area contributed by atoms with Crippen LogP contribution in [0.25, 0.3) is 0 Å². The number of aromatic nitrogens is 1. The maximum absolute atomic E-state index is 12.7. The van der Waals surface area contributed by atoms with Gasteiger partial charge in [-0.2, -0.15) is 0 Å². The number of nitrogens with zero attached hydrogens (tertiary/aromatic N) is 2. The molecular formula is C17H18N2O3. The number of furan rings is 1. The molecular weight excluding hydrogens is 280 g/mol. The van der Waals surface area contributed by atoms with Crippen molar-refractivity contribution in [1.82, 2.24) is 9.47 Å². The lowest BCUT2D eigenvalue weighted by Gasteiger charge is -2.42. The van der Waals surface area contributed by atoms with Gasteiger partial charge in [0.1, 0.15) is 5.76 Å². The summed E-state index contributed by atoms with van der Waals surface area (Å²) in [4.78, 5) is 26.6. The molecule has 1 saturated heterocycles. The third-order valence-electron chi connectivity index (χ3n) is 4.86. The topological polar surface area (TPSA) is 55.5 Å². The SMILES string of the molecule is Cc1occc1C(=O)N1CC2CC(C1)c1cccc(=O)n1C2. The van der Waals surface area contributed by atoms with Crippen LogP contribution in [0.3, 0.4) is 0 Å². The number of hydrogen-bond acceptors (Lipinski definition) is 3. The van der Waals surface area contributed by atoms with Gasteiger partial charge in [0.05, 0.1) is 11.8 Å². The van der Waals surface area contributed by atoms with Crippen LogP contribution in [0.2, 0.25) is 0 Å². The minimum absolute atomic E-state index is 0.0349. The summed E-state index contributed by atoms with van der Waals surface area (Å²) in [6.07, 6.45) is 2.61. The standard InChI is InChI=1S/C17H18N2O3/c1-11-14(5-6-22-11)17(21)18-8-12-7-13(10-18)15-3-2-4-16(20)19(15)9-12/h2-6,12-13H,7-10H2,1H3. The monoisotopic (exact) mass is 298 g/mol. The van der Waals surface area contributed by atoms with Crippen LogP contribution in [0.15, 0.2) is 39.7 Å². The van der Waals surface area contributed by atoms with Crippen molar-refractivity contribution in [2.24, 2.45) is 5.92 Å². The maximum atomic E-state index is 12.7. The Balaban J connectivity index is 1.65. The van der Waals surface area contributed by atoms with Crippen LogP contribution >= 0.6 is 0 Å². The first kappa shape index (κ1) is 13.4. The smallest absolute Gasteiger partial charge is 0.257 e. The summed E-state index contributed by atoms with van der Waals surface area (Å²) in [5, 5.41) is 0. The molecule has 2 bridgehead atoms. The van der Waals surface area contributed by atoms with Gasteiger partial charge in [0.15, 0.2) is 0 Å².